The van der Waals surface area contributed by atoms with E-state index in [1.54, 1.807) is 20.8 Å². The Bertz CT molecular complexity index is 823. The molecular weight excluding hydrogens is 460 g/mol. The average Bonchev–Trinajstić information content (AvgIpc) is 2.98. The predicted octanol–water partition coefficient (Wildman–Crippen LogP) is 3.82. The van der Waals surface area contributed by atoms with E-state index in [-0.39, 0.29) is 18.6 Å². The van der Waals surface area contributed by atoms with E-state index in [0.717, 1.165) is 18.4 Å². The van der Waals surface area contributed by atoms with Gasteiger partial charge in [-0.25, -0.2) is 9.59 Å². The highest BCUT2D eigenvalue weighted by molar-refractivity contribution is 5.82. The number of carbonyl (C=O) groups excluding carboxylic acids is 3. The zero-order valence-corrected chi connectivity index (χ0v) is 22.5. The number of amides is 3. The molecule has 1 unspecified atom stereocenters. The van der Waals surface area contributed by atoms with Crippen LogP contribution in [0, 0.1) is 5.92 Å². The van der Waals surface area contributed by atoms with E-state index in [1.165, 1.54) is 0 Å². The van der Waals surface area contributed by atoms with Crippen LogP contribution in [0.25, 0.3) is 0 Å². The van der Waals surface area contributed by atoms with Gasteiger partial charge in [0, 0.05) is 32.2 Å². The van der Waals surface area contributed by atoms with Crippen molar-refractivity contribution >= 4 is 18.1 Å². The van der Waals surface area contributed by atoms with E-state index in [2.05, 4.69) is 29.8 Å². The normalized spacial score (nSPS) is 18.5. The topological polar surface area (TPSA) is 109 Å². The minimum Gasteiger partial charge on any atom is -0.445 e. The number of alkyl carbamates (subject to hydrolysis) is 2. The fourth-order valence-electron chi connectivity index (χ4n) is 4.10. The summed E-state index contributed by atoms with van der Waals surface area (Å²) in [5.41, 5.74) is 0.332. The van der Waals surface area contributed by atoms with Gasteiger partial charge in [-0.3, -0.25) is 4.79 Å². The Balaban J connectivity index is 1.94. The van der Waals surface area contributed by atoms with Crippen LogP contribution < -0.4 is 16.0 Å². The maximum Gasteiger partial charge on any atom is 0.407 e. The molecule has 2 atom stereocenters. The van der Waals surface area contributed by atoms with Gasteiger partial charge in [0.2, 0.25) is 5.91 Å². The molecule has 3 N–H and O–H groups in total. The number of hydrogen-bond donors (Lipinski definition) is 3. The molecule has 0 bridgehead atoms. The number of ether oxygens (including phenoxy) is 2. The quantitative estimate of drug-likeness (QED) is 0.423. The lowest BCUT2D eigenvalue weighted by Gasteiger charge is -2.28. The van der Waals surface area contributed by atoms with Crippen LogP contribution in [0.1, 0.15) is 65.9 Å². The molecule has 0 radical (unpaired) electrons. The molecule has 0 aromatic heterocycles. The third-order valence-electron chi connectivity index (χ3n) is 6.23. The molecule has 3 amide bonds. The summed E-state index contributed by atoms with van der Waals surface area (Å²) in [4.78, 5) is 39.6. The van der Waals surface area contributed by atoms with Crippen molar-refractivity contribution in [1.29, 1.82) is 0 Å². The molecule has 9 nitrogen and oxygen atoms in total. The summed E-state index contributed by atoms with van der Waals surface area (Å²) in [6, 6.07) is 8.93. The van der Waals surface area contributed by atoms with Crippen molar-refractivity contribution in [2.24, 2.45) is 5.92 Å². The Morgan fingerprint density at radius 1 is 1.11 bits per heavy atom. The van der Waals surface area contributed by atoms with Crippen molar-refractivity contribution in [3.05, 3.63) is 35.9 Å². The highest BCUT2D eigenvalue weighted by Gasteiger charge is 2.31. The molecule has 0 saturated carbocycles. The van der Waals surface area contributed by atoms with Crippen molar-refractivity contribution in [3.8, 4) is 0 Å². The Labute approximate surface area is 215 Å². The van der Waals surface area contributed by atoms with Crippen LogP contribution in [-0.2, 0) is 20.9 Å². The molecule has 1 aliphatic rings. The summed E-state index contributed by atoms with van der Waals surface area (Å²) in [7, 11) is 0. The van der Waals surface area contributed by atoms with Gasteiger partial charge >= 0.3 is 12.2 Å². The lowest BCUT2D eigenvalue weighted by atomic mass is 10.0. The number of hydrogen-bond acceptors (Lipinski definition) is 6. The lowest BCUT2D eigenvalue weighted by molar-refractivity contribution is -0.133. The van der Waals surface area contributed by atoms with Gasteiger partial charge in [-0.15, -0.1) is 0 Å². The van der Waals surface area contributed by atoms with Crippen molar-refractivity contribution in [2.45, 2.75) is 84.6 Å². The fourth-order valence-corrected chi connectivity index (χ4v) is 4.10. The van der Waals surface area contributed by atoms with E-state index >= 15 is 0 Å². The van der Waals surface area contributed by atoms with Gasteiger partial charge in [0.05, 0.1) is 6.04 Å². The van der Waals surface area contributed by atoms with E-state index in [0.29, 0.717) is 44.9 Å². The molecule has 1 aromatic rings. The van der Waals surface area contributed by atoms with Crippen molar-refractivity contribution in [2.75, 3.05) is 26.2 Å². The standard InChI is InChI=1S/C27H44N4O5/c1-6-20(7-2)18-31-16-14-22(17-29-25(33)35-19-21-11-9-8-10-12-21)30-23(24(31)32)13-15-28-26(34)36-27(3,4)5/h8-12,20,22-23,30H,6-7,13-19H2,1-5H3,(H,28,34)(H,29,33)/t22?,23-/m0/s1. The van der Waals surface area contributed by atoms with Crippen LogP contribution in [0.15, 0.2) is 30.3 Å². The van der Waals surface area contributed by atoms with E-state index in [4.69, 9.17) is 9.47 Å². The Hall–Kier alpha value is -2.81. The molecule has 1 heterocycles. The molecule has 0 aliphatic carbocycles. The second kappa shape index (κ2) is 14.7. The third kappa shape index (κ3) is 10.8. The van der Waals surface area contributed by atoms with Gasteiger partial charge < -0.3 is 30.3 Å². The number of nitrogens with one attached hydrogen (secondary N) is 3. The average molecular weight is 505 g/mol. The van der Waals surface area contributed by atoms with Crippen LogP contribution in [0.4, 0.5) is 9.59 Å². The molecule has 0 spiro atoms. The predicted molar refractivity (Wildman–Crippen MR) is 139 cm³/mol. The molecule has 1 fully saturated rings. The van der Waals surface area contributed by atoms with Crippen LogP contribution >= 0.6 is 0 Å². The lowest BCUT2D eigenvalue weighted by Crippen LogP contribution is -2.50. The van der Waals surface area contributed by atoms with Gasteiger partial charge in [-0.2, -0.15) is 0 Å². The zero-order valence-electron chi connectivity index (χ0n) is 22.5. The SMILES string of the molecule is CCC(CC)CN1CCC(CNC(=O)OCc2ccccc2)N[C@@H](CCNC(=O)OC(C)(C)C)C1=O. The van der Waals surface area contributed by atoms with E-state index < -0.39 is 23.8 Å². The molecule has 1 aliphatic heterocycles. The maximum atomic E-state index is 13.4. The molecular formula is C27H44N4O5. The first-order valence-electron chi connectivity index (χ1n) is 13.1. The molecule has 2 rings (SSSR count). The van der Waals surface area contributed by atoms with E-state index in [9.17, 15) is 14.4 Å². The highest BCUT2D eigenvalue weighted by atomic mass is 16.6. The molecule has 202 valence electrons. The summed E-state index contributed by atoms with van der Waals surface area (Å²) in [6.07, 6.45) is 2.16. The van der Waals surface area contributed by atoms with Crippen LogP contribution in [-0.4, -0.2) is 66.9 Å². The summed E-state index contributed by atoms with van der Waals surface area (Å²) in [5.74, 6) is 0.471. The number of benzene rings is 1. The molecule has 1 saturated heterocycles. The summed E-state index contributed by atoms with van der Waals surface area (Å²) in [6.45, 7) is 11.9. The fraction of sp³-hybridized carbons (Fsp3) is 0.667. The Kier molecular flexibility index (Phi) is 12.0. The van der Waals surface area contributed by atoms with Crippen LogP contribution in [0.3, 0.4) is 0 Å². The first-order chi connectivity index (χ1) is 17.1. The monoisotopic (exact) mass is 504 g/mol. The Morgan fingerprint density at radius 3 is 2.44 bits per heavy atom. The van der Waals surface area contributed by atoms with Crippen molar-refractivity contribution in [3.63, 3.8) is 0 Å². The summed E-state index contributed by atoms with van der Waals surface area (Å²) < 4.78 is 10.6. The Morgan fingerprint density at radius 2 is 1.81 bits per heavy atom. The second-order valence-electron chi connectivity index (χ2n) is 10.3. The first-order valence-corrected chi connectivity index (χ1v) is 13.1. The molecule has 1 aromatic carbocycles. The van der Waals surface area contributed by atoms with Gasteiger partial charge in [0.25, 0.3) is 0 Å². The summed E-state index contributed by atoms with van der Waals surface area (Å²) in [5, 5.41) is 8.96. The molecule has 36 heavy (non-hydrogen) atoms. The zero-order chi connectivity index (χ0) is 26.6. The van der Waals surface area contributed by atoms with Gasteiger partial charge in [-0.05, 0) is 45.1 Å². The van der Waals surface area contributed by atoms with Crippen LogP contribution in [0.2, 0.25) is 0 Å². The summed E-state index contributed by atoms with van der Waals surface area (Å²) >= 11 is 0. The van der Waals surface area contributed by atoms with Gasteiger partial charge in [-0.1, -0.05) is 57.0 Å². The van der Waals surface area contributed by atoms with Gasteiger partial charge in [0.15, 0.2) is 0 Å². The van der Waals surface area contributed by atoms with E-state index in [1.807, 2.05) is 35.2 Å². The number of carbonyl (C=O) groups is 3. The largest absolute Gasteiger partial charge is 0.445 e. The highest BCUT2D eigenvalue weighted by Crippen LogP contribution is 2.16. The smallest absolute Gasteiger partial charge is 0.407 e. The minimum atomic E-state index is -0.585. The third-order valence-corrected chi connectivity index (χ3v) is 6.23. The minimum absolute atomic E-state index is 0.0297. The van der Waals surface area contributed by atoms with Crippen molar-refractivity contribution < 1.29 is 23.9 Å². The van der Waals surface area contributed by atoms with Crippen LogP contribution in [0.5, 0.6) is 0 Å². The van der Waals surface area contributed by atoms with Gasteiger partial charge in [0.1, 0.15) is 12.2 Å². The first kappa shape index (κ1) is 29.4. The number of rotatable bonds is 11. The van der Waals surface area contributed by atoms with Crippen molar-refractivity contribution in [1.82, 2.24) is 20.9 Å². The number of nitrogens with zero attached hydrogens (tertiary/aromatic N) is 1. The maximum absolute atomic E-state index is 13.4. The second-order valence-corrected chi connectivity index (χ2v) is 10.3. The molecule has 9 heteroatoms.